The van der Waals surface area contributed by atoms with Crippen molar-refractivity contribution in [3.63, 3.8) is 0 Å². The molecule has 2 rings (SSSR count). The van der Waals surface area contributed by atoms with Gasteiger partial charge in [0.15, 0.2) is 0 Å². The van der Waals surface area contributed by atoms with Crippen molar-refractivity contribution in [1.29, 1.82) is 0 Å². The summed E-state index contributed by atoms with van der Waals surface area (Å²) in [6.07, 6.45) is 0. The molecule has 19 heavy (non-hydrogen) atoms. The molecule has 0 radical (unpaired) electrons. The van der Waals surface area contributed by atoms with Gasteiger partial charge < -0.3 is 14.8 Å². The molecule has 0 atom stereocenters. The molecule has 3 nitrogen and oxygen atoms in total. The molecular formula is C16H21NO2. The predicted octanol–water partition coefficient (Wildman–Crippen LogP) is 3.68. The highest BCUT2D eigenvalue weighted by Crippen LogP contribution is 2.23. The summed E-state index contributed by atoms with van der Waals surface area (Å²) in [4.78, 5) is 0. The smallest absolute Gasteiger partial charge is 0.129 e. The molecule has 2 aromatic rings. The lowest BCUT2D eigenvalue weighted by Crippen LogP contribution is -2.10. The minimum absolute atomic E-state index is 0.0553. The predicted molar refractivity (Wildman–Crippen MR) is 77.1 cm³/mol. The fraction of sp³-hybridized carbons (Fsp3) is 0.375. The number of rotatable bonds is 4. The second-order valence-electron chi connectivity index (χ2n) is 5.71. The average Bonchev–Trinajstić information content (AvgIpc) is 2.84. The van der Waals surface area contributed by atoms with Gasteiger partial charge in [-0.15, -0.1) is 0 Å². The van der Waals surface area contributed by atoms with Crippen LogP contribution in [0.3, 0.4) is 0 Å². The summed E-state index contributed by atoms with van der Waals surface area (Å²) in [5.41, 5.74) is 2.56. The molecule has 2 N–H and O–H groups in total. The van der Waals surface area contributed by atoms with Gasteiger partial charge in [-0.3, -0.25) is 0 Å². The van der Waals surface area contributed by atoms with Crippen LogP contribution in [0.15, 0.2) is 40.8 Å². The Labute approximate surface area is 114 Å². The van der Waals surface area contributed by atoms with E-state index in [4.69, 9.17) is 9.52 Å². The number of nitrogens with one attached hydrogen (secondary N) is 1. The molecule has 0 fully saturated rings. The first-order chi connectivity index (χ1) is 8.99. The summed E-state index contributed by atoms with van der Waals surface area (Å²) in [5, 5.41) is 12.2. The Morgan fingerprint density at radius 2 is 1.63 bits per heavy atom. The summed E-state index contributed by atoms with van der Waals surface area (Å²) in [6, 6.07) is 12.1. The zero-order valence-electron chi connectivity index (χ0n) is 11.7. The Morgan fingerprint density at radius 1 is 1.00 bits per heavy atom. The Hall–Kier alpha value is -1.74. The normalized spacial score (nSPS) is 11.6. The molecule has 0 aliphatic carbocycles. The van der Waals surface area contributed by atoms with Gasteiger partial charge in [0.05, 0.1) is 6.54 Å². The Kier molecular flexibility index (Phi) is 3.96. The van der Waals surface area contributed by atoms with Crippen LogP contribution in [0.5, 0.6) is 0 Å². The van der Waals surface area contributed by atoms with Crippen molar-refractivity contribution < 1.29 is 9.52 Å². The van der Waals surface area contributed by atoms with E-state index < -0.39 is 0 Å². The topological polar surface area (TPSA) is 45.4 Å². The zero-order chi connectivity index (χ0) is 13.9. The van der Waals surface area contributed by atoms with Crippen molar-refractivity contribution in [1.82, 2.24) is 0 Å². The molecule has 0 bridgehead atoms. The third-order valence-corrected chi connectivity index (χ3v) is 3.09. The molecule has 1 aromatic carbocycles. The fourth-order valence-electron chi connectivity index (χ4n) is 1.88. The molecule has 0 aliphatic rings. The van der Waals surface area contributed by atoms with Crippen molar-refractivity contribution in [2.45, 2.75) is 39.3 Å². The van der Waals surface area contributed by atoms with Crippen LogP contribution in [0.25, 0.3) is 0 Å². The maximum Gasteiger partial charge on any atom is 0.129 e. The Morgan fingerprint density at radius 3 is 2.16 bits per heavy atom. The highest BCUT2D eigenvalue weighted by atomic mass is 16.4. The third kappa shape index (κ3) is 3.61. The molecule has 1 heterocycles. The van der Waals surface area contributed by atoms with E-state index in [1.165, 1.54) is 5.56 Å². The molecule has 0 spiro atoms. The van der Waals surface area contributed by atoms with Gasteiger partial charge in [0.1, 0.15) is 18.1 Å². The largest absolute Gasteiger partial charge is 0.462 e. The zero-order valence-corrected chi connectivity index (χ0v) is 11.7. The standard InChI is InChI=1S/C16H21NO2/c1-16(2,3)12-4-6-13(7-5-12)17-10-14-8-9-15(11-18)19-14/h4-9,17-18H,10-11H2,1-3H3. The first kappa shape index (κ1) is 13.7. The van der Waals surface area contributed by atoms with Gasteiger partial charge >= 0.3 is 0 Å². The number of aliphatic hydroxyl groups excluding tert-OH is 1. The number of anilines is 1. The molecular weight excluding hydrogens is 238 g/mol. The molecule has 102 valence electrons. The van der Waals surface area contributed by atoms with Crippen molar-refractivity contribution in [3.05, 3.63) is 53.5 Å². The average molecular weight is 259 g/mol. The van der Waals surface area contributed by atoms with E-state index in [0.717, 1.165) is 11.4 Å². The van der Waals surface area contributed by atoms with Gasteiger partial charge in [0.25, 0.3) is 0 Å². The first-order valence-corrected chi connectivity index (χ1v) is 6.52. The van der Waals surface area contributed by atoms with E-state index in [-0.39, 0.29) is 12.0 Å². The number of aliphatic hydroxyl groups is 1. The molecule has 0 saturated carbocycles. The number of benzene rings is 1. The summed E-state index contributed by atoms with van der Waals surface area (Å²) in [5.74, 6) is 1.42. The van der Waals surface area contributed by atoms with Gasteiger partial charge in [0, 0.05) is 5.69 Å². The summed E-state index contributed by atoms with van der Waals surface area (Å²) in [6.45, 7) is 7.17. The number of hydrogen-bond donors (Lipinski definition) is 2. The fourth-order valence-corrected chi connectivity index (χ4v) is 1.88. The maximum absolute atomic E-state index is 8.93. The lowest BCUT2D eigenvalue weighted by atomic mass is 9.87. The van der Waals surface area contributed by atoms with E-state index in [2.05, 4.69) is 50.4 Å². The second-order valence-corrected chi connectivity index (χ2v) is 5.71. The SMILES string of the molecule is CC(C)(C)c1ccc(NCc2ccc(CO)o2)cc1. The van der Waals surface area contributed by atoms with Gasteiger partial charge in [-0.2, -0.15) is 0 Å². The lowest BCUT2D eigenvalue weighted by Gasteiger charge is -2.19. The van der Waals surface area contributed by atoms with Crippen molar-refractivity contribution in [3.8, 4) is 0 Å². The van der Waals surface area contributed by atoms with Crippen LogP contribution in [0, 0.1) is 0 Å². The summed E-state index contributed by atoms with van der Waals surface area (Å²) >= 11 is 0. The van der Waals surface area contributed by atoms with E-state index in [1.54, 1.807) is 6.07 Å². The third-order valence-electron chi connectivity index (χ3n) is 3.09. The quantitative estimate of drug-likeness (QED) is 0.880. The van der Waals surface area contributed by atoms with Crippen LogP contribution in [0.2, 0.25) is 0 Å². The van der Waals surface area contributed by atoms with Crippen LogP contribution in [0.1, 0.15) is 37.9 Å². The minimum Gasteiger partial charge on any atom is -0.462 e. The van der Waals surface area contributed by atoms with Gasteiger partial charge in [-0.05, 0) is 35.2 Å². The van der Waals surface area contributed by atoms with E-state index in [0.29, 0.717) is 12.3 Å². The van der Waals surface area contributed by atoms with Crippen LogP contribution >= 0.6 is 0 Å². The highest BCUT2D eigenvalue weighted by Gasteiger charge is 2.12. The minimum atomic E-state index is -0.0553. The van der Waals surface area contributed by atoms with E-state index in [9.17, 15) is 0 Å². The van der Waals surface area contributed by atoms with Crippen molar-refractivity contribution in [2.75, 3.05) is 5.32 Å². The molecule has 3 heteroatoms. The van der Waals surface area contributed by atoms with Gasteiger partial charge in [-0.25, -0.2) is 0 Å². The number of hydrogen-bond acceptors (Lipinski definition) is 3. The maximum atomic E-state index is 8.93. The molecule has 0 amide bonds. The van der Waals surface area contributed by atoms with Crippen LogP contribution < -0.4 is 5.32 Å². The van der Waals surface area contributed by atoms with Crippen molar-refractivity contribution in [2.24, 2.45) is 0 Å². The van der Waals surface area contributed by atoms with E-state index in [1.807, 2.05) is 6.07 Å². The lowest BCUT2D eigenvalue weighted by molar-refractivity contribution is 0.244. The highest BCUT2D eigenvalue weighted by molar-refractivity contribution is 5.45. The van der Waals surface area contributed by atoms with Crippen molar-refractivity contribution >= 4 is 5.69 Å². The Balaban J connectivity index is 1.96. The molecule has 1 aromatic heterocycles. The second kappa shape index (κ2) is 5.49. The van der Waals surface area contributed by atoms with Crippen LogP contribution in [-0.2, 0) is 18.6 Å². The van der Waals surface area contributed by atoms with Crippen LogP contribution in [0.4, 0.5) is 5.69 Å². The van der Waals surface area contributed by atoms with E-state index >= 15 is 0 Å². The van der Waals surface area contributed by atoms with Gasteiger partial charge in [-0.1, -0.05) is 32.9 Å². The number of furan rings is 1. The molecule has 0 aliphatic heterocycles. The molecule has 0 unspecified atom stereocenters. The summed E-state index contributed by atoms with van der Waals surface area (Å²) < 4.78 is 5.42. The molecule has 0 saturated heterocycles. The Bertz CT molecular complexity index is 520. The monoisotopic (exact) mass is 259 g/mol. The summed E-state index contributed by atoms with van der Waals surface area (Å²) in [7, 11) is 0. The van der Waals surface area contributed by atoms with Crippen LogP contribution in [-0.4, -0.2) is 5.11 Å². The van der Waals surface area contributed by atoms with Gasteiger partial charge in [0.2, 0.25) is 0 Å². The first-order valence-electron chi connectivity index (χ1n) is 6.52.